The maximum atomic E-state index is 12.4. The molecule has 0 saturated heterocycles. The normalized spacial score (nSPS) is 10.4. The molecule has 0 aromatic heterocycles. The van der Waals surface area contributed by atoms with Crippen molar-refractivity contribution in [2.75, 3.05) is 5.32 Å². The van der Waals surface area contributed by atoms with Crippen LogP contribution in [-0.4, -0.2) is 17.8 Å². The Labute approximate surface area is 151 Å². The number of esters is 1. The minimum absolute atomic E-state index is 0.177. The Morgan fingerprint density at radius 3 is 2.58 bits per heavy atom. The maximum Gasteiger partial charge on any atom is 0.308 e. The molecule has 2 N–H and O–H groups in total. The number of rotatable bonds is 6. The van der Waals surface area contributed by atoms with Gasteiger partial charge < -0.3 is 15.4 Å². The molecule has 0 aliphatic carbocycles. The highest BCUT2D eigenvalue weighted by Gasteiger charge is 2.09. The van der Waals surface area contributed by atoms with Crippen molar-refractivity contribution < 1.29 is 19.1 Å². The number of carbonyl (C=O) groups excluding carboxylic acids is 3. The molecular weight excluding hydrogens is 332 g/mol. The van der Waals surface area contributed by atoms with Crippen LogP contribution in [-0.2, 0) is 16.1 Å². The number of amides is 2. The third-order valence-corrected chi connectivity index (χ3v) is 3.33. The van der Waals surface area contributed by atoms with Gasteiger partial charge in [0.15, 0.2) is 0 Å². The van der Waals surface area contributed by atoms with E-state index in [9.17, 15) is 14.4 Å². The van der Waals surface area contributed by atoms with E-state index >= 15 is 0 Å². The summed E-state index contributed by atoms with van der Waals surface area (Å²) < 4.78 is 4.98. The monoisotopic (exact) mass is 352 g/mol. The summed E-state index contributed by atoms with van der Waals surface area (Å²) in [5.74, 6) is -0.640. The second kappa shape index (κ2) is 9.17. The van der Waals surface area contributed by atoms with E-state index in [0.717, 1.165) is 5.56 Å². The molecule has 0 aliphatic heterocycles. The lowest BCUT2D eigenvalue weighted by atomic mass is 10.1. The average molecular weight is 352 g/mol. The van der Waals surface area contributed by atoms with Crippen LogP contribution in [0.4, 0.5) is 5.69 Å². The molecular formula is C20H20N2O4. The molecule has 2 amide bonds. The molecule has 6 heteroatoms. The highest BCUT2D eigenvalue weighted by atomic mass is 16.5. The van der Waals surface area contributed by atoms with Crippen LogP contribution in [0.3, 0.4) is 0 Å². The molecule has 0 spiro atoms. The van der Waals surface area contributed by atoms with Crippen molar-refractivity contribution in [2.45, 2.75) is 20.4 Å². The summed E-state index contributed by atoms with van der Waals surface area (Å²) in [6.45, 7) is 3.42. The first-order valence-electron chi connectivity index (χ1n) is 8.07. The minimum Gasteiger partial charge on any atom is -0.427 e. The fourth-order valence-corrected chi connectivity index (χ4v) is 2.23. The molecule has 0 unspecified atom stereocenters. The molecule has 2 aromatic rings. The third kappa shape index (κ3) is 5.90. The van der Waals surface area contributed by atoms with E-state index in [1.54, 1.807) is 49.4 Å². The van der Waals surface area contributed by atoms with Crippen molar-refractivity contribution in [1.82, 2.24) is 5.32 Å². The summed E-state index contributed by atoms with van der Waals surface area (Å²) in [5, 5.41) is 5.54. The number of ether oxygens (including phenoxy) is 1. The number of nitrogens with one attached hydrogen (secondary N) is 2. The van der Waals surface area contributed by atoms with Crippen LogP contribution in [0.2, 0.25) is 0 Å². The lowest BCUT2D eigenvalue weighted by Gasteiger charge is -2.09. The molecule has 0 bridgehead atoms. The van der Waals surface area contributed by atoms with Crippen molar-refractivity contribution in [2.24, 2.45) is 0 Å². The van der Waals surface area contributed by atoms with Crippen LogP contribution in [0.25, 0.3) is 0 Å². The second-order valence-corrected chi connectivity index (χ2v) is 5.49. The summed E-state index contributed by atoms with van der Waals surface area (Å²) in [4.78, 5) is 34.9. The molecule has 0 saturated carbocycles. The number of hydrogen-bond acceptors (Lipinski definition) is 4. The molecule has 2 aromatic carbocycles. The van der Waals surface area contributed by atoms with Crippen LogP contribution in [0.1, 0.15) is 29.8 Å². The van der Waals surface area contributed by atoms with Crippen molar-refractivity contribution in [1.29, 1.82) is 0 Å². The van der Waals surface area contributed by atoms with E-state index < -0.39 is 5.97 Å². The predicted octanol–water partition coefficient (Wildman–Crippen LogP) is 3.06. The van der Waals surface area contributed by atoms with Gasteiger partial charge in [0.25, 0.3) is 5.91 Å². The van der Waals surface area contributed by atoms with E-state index in [1.807, 2.05) is 6.07 Å². The lowest BCUT2D eigenvalue weighted by molar-refractivity contribution is -0.131. The molecule has 134 valence electrons. The Bertz CT molecular complexity index is 843. The van der Waals surface area contributed by atoms with Crippen LogP contribution >= 0.6 is 0 Å². The summed E-state index contributed by atoms with van der Waals surface area (Å²) >= 11 is 0. The molecule has 0 heterocycles. The van der Waals surface area contributed by atoms with Gasteiger partial charge in [-0.3, -0.25) is 14.4 Å². The van der Waals surface area contributed by atoms with Gasteiger partial charge >= 0.3 is 5.97 Å². The number of benzene rings is 2. The molecule has 2 rings (SSSR count). The summed E-state index contributed by atoms with van der Waals surface area (Å²) in [7, 11) is 0. The zero-order valence-electron chi connectivity index (χ0n) is 14.6. The third-order valence-electron chi connectivity index (χ3n) is 3.33. The first kappa shape index (κ1) is 18.9. The van der Waals surface area contributed by atoms with Gasteiger partial charge in [-0.15, -0.1) is 0 Å². The molecule has 0 aliphatic rings. The standard InChI is InChI=1S/C20H20N2O4/c1-3-6-19(24)21-13-15-7-4-9-17(11-15)22-20(25)16-8-5-10-18(12-16)26-14(2)23/h3-12H,13H2,1-2H3,(H,21,24)(H,22,25)/b6-3+. The predicted molar refractivity (Wildman–Crippen MR) is 98.8 cm³/mol. The summed E-state index contributed by atoms with van der Waals surface area (Å²) in [6.07, 6.45) is 3.11. The van der Waals surface area contributed by atoms with Gasteiger partial charge in [-0.1, -0.05) is 24.3 Å². The Hall–Kier alpha value is -3.41. The van der Waals surface area contributed by atoms with E-state index in [-0.39, 0.29) is 11.8 Å². The van der Waals surface area contributed by atoms with Gasteiger partial charge in [0.05, 0.1) is 0 Å². The van der Waals surface area contributed by atoms with Crippen LogP contribution in [0.15, 0.2) is 60.7 Å². The van der Waals surface area contributed by atoms with E-state index in [0.29, 0.717) is 23.5 Å². The Morgan fingerprint density at radius 2 is 1.85 bits per heavy atom. The quantitative estimate of drug-likeness (QED) is 0.475. The van der Waals surface area contributed by atoms with Crippen molar-refractivity contribution >= 4 is 23.5 Å². The van der Waals surface area contributed by atoms with Gasteiger partial charge in [-0.25, -0.2) is 0 Å². The van der Waals surface area contributed by atoms with Crippen molar-refractivity contribution in [3.63, 3.8) is 0 Å². The Kier molecular flexibility index (Phi) is 6.68. The zero-order chi connectivity index (χ0) is 18.9. The lowest BCUT2D eigenvalue weighted by Crippen LogP contribution is -2.20. The topological polar surface area (TPSA) is 84.5 Å². The average Bonchev–Trinajstić information content (AvgIpc) is 2.60. The first-order chi connectivity index (χ1) is 12.5. The zero-order valence-corrected chi connectivity index (χ0v) is 14.6. The largest absolute Gasteiger partial charge is 0.427 e. The van der Waals surface area contributed by atoms with Crippen LogP contribution in [0, 0.1) is 0 Å². The Balaban J connectivity index is 2.04. The van der Waals surface area contributed by atoms with Gasteiger partial charge in [-0.2, -0.15) is 0 Å². The van der Waals surface area contributed by atoms with E-state index in [4.69, 9.17) is 4.74 Å². The van der Waals surface area contributed by atoms with Gasteiger partial charge in [0, 0.05) is 24.7 Å². The molecule has 26 heavy (non-hydrogen) atoms. The smallest absolute Gasteiger partial charge is 0.308 e. The molecule has 6 nitrogen and oxygen atoms in total. The first-order valence-corrected chi connectivity index (χ1v) is 8.07. The summed E-state index contributed by atoms with van der Waals surface area (Å²) in [5.41, 5.74) is 1.83. The van der Waals surface area contributed by atoms with Gasteiger partial charge in [-0.05, 0) is 48.9 Å². The van der Waals surface area contributed by atoms with Crippen LogP contribution < -0.4 is 15.4 Å². The SMILES string of the molecule is C/C=C/C(=O)NCc1cccc(NC(=O)c2cccc(OC(C)=O)c2)c1. The molecule has 0 fully saturated rings. The Morgan fingerprint density at radius 1 is 1.08 bits per heavy atom. The van der Waals surface area contributed by atoms with Crippen LogP contribution in [0.5, 0.6) is 5.75 Å². The number of hydrogen-bond donors (Lipinski definition) is 2. The molecule has 0 radical (unpaired) electrons. The van der Waals surface area contributed by atoms with Gasteiger partial charge in [0.1, 0.15) is 5.75 Å². The van der Waals surface area contributed by atoms with E-state index in [2.05, 4.69) is 10.6 Å². The summed E-state index contributed by atoms with van der Waals surface area (Å²) in [6, 6.07) is 13.6. The van der Waals surface area contributed by atoms with E-state index in [1.165, 1.54) is 19.1 Å². The van der Waals surface area contributed by atoms with Crippen molar-refractivity contribution in [3.05, 3.63) is 71.8 Å². The number of anilines is 1. The van der Waals surface area contributed by atoms with Gasteiger partial charge in [0.2, 0.25) is 5.91 Å². The number of carbonyl (C=O) groups is 3. The molecule has 0 atom stereocenters. The van der Waals surface area contributed by atoms with Crippen molar-refractivity contribution in [3.8, 4) is 5.75 Å². The fourth-order valence-electron chi connectivity index (χ4n) is 2.23. The minimum atomic E-state index is -0.449. The highest BCUT2D eigenvalue weighted by molar-refractivity contribution is 6.04. The second-order valence-electron chi connectivity index (χ2n) is 5.49. The highest BCUT2D eigenvalue weighted by Crippen LogP contribution is 2.16. The maximum absolute atomic E-state index is 12.4. The number of allylic oxidation sites excluding steroid dienone is 1. The fraction of sp³-hybridized carbons (Fsp3) is 0.150.